The molecule has 116 valence electrons. The number of likely N-dealkylation sites (N-methyl/N-ethyl adjacent to an activating group) is 1. The second-order valence-electron chi connectivity index (χ2n) is 4.18. The van der Waals surface area contributed by atoms with Crippen LogP contribution in [-0.4, -0.2) is 52.3 Å². The van der Waals surface area contributed by atoms with Gasteiger partial charge in [0.05, 0.1) is 10.5 Å². The Morgan fingerprint density at radius 1 is 1.33 bits per heavy atom. The number of nitrogens with one attached hydrogen (secondary N) is 1. The van der Waals surface area contributed by atoms with Gasteiger partial charge < -0.3 is 10.1 Å². The standard InChI is InChI=1S/C12H15BrN2O5S/c1-14-11(16)7-20-12(17)8-4-5-9(13)10(6-8)21(18,19)15(2)3/h4-6H,7H2,1-3H3,(H,14,16). The van der Waals surface area contributed by atoms with Crippen LogP contribution >= 0.6 is 15.9 Å². The number of amides is 1. The molecule has 1 aromatic rings. The van der Waals surface area contributed by atoms with Crippen molar-refractivity contribution >= 4 is 37.8 Å². The predicted octanol–water partition coefficient (Wildman–Crippen LogP) is 0.602. The van der Waals surface area contributed by atoms with Crippen molar-refractivity contribution in [2.45, 2.75) is 4.90 Å². The number of hydrogen-bond donors (Lipinski definition) is 1. The van der Waals surface area contributed by atoms with E-state index in [0.29, 0.717) is 4.47 Å². The molecule has 0 aliphatic heterocycles. The van der Waals surface area contributed by atoms with Gasteiger partial charge in [0.15, 0.2) is 6.61 Å². The molecule has 0 spiro atoms. The SMILES string of the molecule is CNC(=O)COC(=O)c1ccc(Br)c(S(=O)(=O)N(C)C)c1. The highest BCUT2D eigenvalue weighted by molar-refractivity contribution is 9.10. The van der Waals surface area contributed by atoms with E-state index in [0.717, 1.165) is 4.31 Å². The summed E-state index contributed by atoms with van der Waals surface area (Å²) in [5.74, 6) is -1.23. The van der Waals surface area contributed by atoms with Crippen molar-refractivity contribution in [1.29, 1.82) is 0 Å². The van der Waals surface area contributed by atoms with Crippen molar-refractivity contribution in [2.75, 3.05) is 27.7 Å². The van der Waals surface area contributed by atoms with Crippen molar-refractivity contribution in [2.24, 2.45) is 0 Å². The van der Waals surface area contributed by atoms with Gasteiger partial charge in [-0.15, -0.1) is 0 Å². The van der Waals surface area contributed by atoms with Gasteiger partial charge in [0.25, 0.3) is 5.91 Å². The van der Waals surface area contributed by atoms with Crippen LogP contribution in [-0.2, 0) is 19.6 Å². The highest BCUT2D eigenvalue weighted by Gasteiger charge is 2.22. The lowest BCUT2D eigenvalue weighted by Crippen LogP contribution is -2.25. The number of carbonyl (C=O) groups is 2. The van der Waals surface area contributed by atoms with Gasteiger partial charge in [0.1, 0.15) is 0 Å². The Balaban J connectivity index is 3.08. The second-order valence-corrected chi connectivity index (χ2v) is 7.16. The number of rotatable bonds is 5. The van der Waals surface area contributed by atoms with Crippen LogP contribution in [0.4, 0.5) is 0 Å². The summed E-state index contributed by atoms with van der Waals surface area (Å²) in [5.41, 5.74) is 0.0440. The molecule has 1 rings (SSSR count). The Morgan fingerprint density at radius 2 is 1.95 bits per heavy atom. The number of sulfonamides is 1. The molecule has 1 amide bonds. The number of halogens is 1. The molecule has 0 saturated heterocycles. The van der Waals surface area contributed by atoms with E-state index >= 15 is 0 Å². The summed E-state index contributed by atoms with van der Waals surface area (Å²) in [5, 5.41) is 2.31. The first-order valence-corrected chi connectivity index (χ1v) is 8.03. The molecule has 0 unspecified atom stereocenters. The van der Waals surface area contributed by atoms with Crippen molar-refractivity contribution in [3.8, 4) is 0 Å². The number of ether oxygens (including phenoxy) is 1. The minimum absolute atomic E-state index is 0.0440. The van der Waals surface area contributed by atoms with E-state index in [1.54, 1.807) is 0 Å². The lowest BCUT2D eigenvalue weighted by Gasteiger charge is -2.13. The van der Waals surface area contributed by atoms with Crippen molar-refractivity contribution in [3.05, 3.63) is 28.2 Å². The maximum atomic E-state index is 12.1. The average molecular weight is 379 g/mol. The zero-order valence-corrected chi connectivity index (χ0v) is 14.1. The molecule has 21 heavy (non-hydrogen) atoms. The summed E-state index contributed by atoms with van der Waals surface area (Å²) in [6, 6.07) is 4.05. The number of esters is 1. The molecule has 0 atom stereocenters. The van der Waals surface area contributed by atoms with E-state index in [4.69, 9.17) is 4.74 Å². The van der Waals surface area contributed by atoms with Crippen molar-refractivity contribution in [3.63, 3.8) is 0 Å². The maximum Gasteiger partial charge on any atom is 0.338 e. The second kappa shape index (κ2) is 7.01. The molecular weight excluding hydrogens is 364 g/mol. The van der Waals surface area contributed by atoms with Gasteiger partial charge >= 0.3 is 5.97 Å². The molecule has 0 bridgehead atoms. The summed E-state index contributed by atoms with van der Waals surface area (Å²) in [7, 11) is 0.489. The maximum absolute atomic E-state index is 12.1. The molecule has 0 heterocycles. The zero-order chi connectivity index (χ0) is 16.2. The molecule has 0 aromatic heterocycles. The Bertz CT molecular complexity index is 658. The highest BCUT2D eigenvalue weighted by Crippen LogP contribution is 2.25. The lowest BCUT2D eigenvalue weighted by molar-refractivity contribution is -0.123. The zero-order valence-electron chi connectivity index (χ0n) is 11.7. The van der Waals surface area contributed by atoms with E-state index in [2.05, 4.69) is 21.2 Å². The van der Waals surface area contributed by atoms with Crippen LogP contribution in [0.2, 0.25) is 0 Å². The van der Waals surface area contributed by atoms with Crippen LogP contribution in [0, 0.1) is 0 Å². The first-order chi connectivity index (χ1) is 9.70. The molecule has 1 aromatic carbocycles. The van der Waals surface area contributed by atoms with Crippen molar-refractivity contribution < 1.29 is 22.7 Å². The molecule has 0 aliphatic rings. The van der Waals surface area contributed by atoms with Gasteiger partial charge in [0, 0.05) is 25.6 Å². The third-order valence-electron chi connectivity index (χ3n) is 2.54. The highest BCUT2D eigenvalue weighted by atomic mass is 79.9. The first kappa shape index (κ1) is 17.6. The molecular formula is C12H15BrN2O5S. The molecule has 0 aliphatic carbocycles. The third-order valence-corrected chi connectivity index (χ3v) is 5.35. The number of benzene rings is 1. The number of nitrogens with zero attached hydrogens (tertiary/aromatic N) is 1. The van der Waals surface area contributed by atoms with Gasteiger partial charge in [-0.05, 0) is 34.1 Å². The van der Waals surface area contributed by atoms with Gasteiger partial charge in [-0.2, -0.15) is 0 Å². The predicted molar refractivity (Wildman–Crippen MR) is 79.4 cm³/mol. The van der Waals surface area contributed by atoms with E-state index in [1.165, 1.54) is 39.3 Å². The first-order valence-electron chi connectivity index (χ1n) is 5.80. The molecule has 9 heteroatoms. The van der Waals surface area contributed by atoms with Crippen LogP contribution in [0.1, 0.15) is 10.4 Å². The molecule has 1 N–H and O–H groups in total. The number of hydrogen-bond acceptors (Lipinski definition) is 5. The van der Waals surface area contributed by atoms with Crippen LogP contribution in [0.3, 0.4) is 0 Å². The van der Waals surface area contributed by atoms with Gasteiger partial charge in [-0.1, -0.05) is 0 Å². The summed E-state index contributed by atoms with van der Waals surface area (Å²) in [6.07, 6.45) is 0. The smallest absolute Gasteiger partial charge is 0.338 e. The van der Waals surface area contributed by atoms with Crippen LogP contribution in [0.15, 0.2) is 27.6 Å². The summed E-state index contributed by atoms with van der Waals surface area (Å²) in [4.78, 5) is 22.8. The topological polar surface area (TPSA) is 92.8 Å². The molecule has 0 saturated carbocycles. The molecule has 0 fully saturated rings. The normalized spacial score (nSPS) is 11.3. The summed E-state index contributed by atoms with van der Waals surface area (Å²) < 4.78 is 30.4. The Kier molecular flexibility index (Phi) is 5.87. The van der Waals surface area contributed by atoms with E-state index < -0.39 is 28.5 Å². The summed E-state index contributed by atoms with van der Waals surface area (Å²) >= 11 is 3.14. The van der Waals surface area contributed by atoms with E-state index in [1.807, 2.05) is 0 Å². The van der Waals surface area contributed by atoms with E-state index in [-0.39, 0.29) is 10.5 Å². The Hall–Kier alpha value is -1.45. The third kappa shape index (κ3) is 4.26. The minimum Gasteiger partial charge on any atom is -0.452 e. The fourth-order valence-electron chi connectivity index (χ4n) is 1.31. The van der Waals surface area contributed by atoms with Gasteiger partial charge in [-0.25, -0.2) is 17.5 Å². The van der Waals surface area contributed by atoms with Gasteiger partial charge in [-0.3, -0.25) is 4.79 Å². The lowest BCUT2D eigenvalue weighted by atomic mass is 10.2. The fraction of sp³-hybridized carbons (Fsp3) is 0.333. The van der Waals surface area contributed by atoms with Crippen LogP contribution in [0.25, 0.3) is 0 Å². The van der Waals surface area contributed by atoms with Crippen molar-refractivity contribution in [1.82, 2.24) is 9.62 Å². The number of carbonyl (C=O) groups excluding carboxylic acids is 2. The Morgan fingerprint density at radius 3 is 2.48 bits per heavy atom. The average Bonchev–Trinajstić information content (AvgIpc) is 2.44. The summed E-state index contributed by atoms with van der Waals surface area (Å²) in [6.45, 7) is -0.429. The van der Waals surface area contributed by atoms with Crippen LogP contribution in [0.5, 0.6) is 0 Å². The quantitative estimate of drug-likeness (QED) is 0.757. The molecule has 7 nitrogen and oxygen atoms in total. The fourth-order valence-corrected chi connectivity index (χ4v) is 3.16. The van der Waals surface area contributed by atoms with Gasteiger partial charge in [0.2, 0.25) is 10.0 Å². The largest absolute Gasteiger partial charge is 0.452 e. The van der Waals surface area contributed by atoms with E-state index in [9.17, 15) is 18.0 Å². The monoisotopic (exact) mass is 378 g/mol. The minimum atomic E-state index is -3.70. The molecule has 0 radical (unpaired) electrons. The Labute approximate surface area is 131 Å². The van der Waals surface area contributed by atoms with Crippen LogP contribution < -0.4 is 5.32 Å².